The zero-order valence-corrected chi connectivity index (χ0v) is 11.6. The topological polar surface area (TPSA) is 75.6 Å². The van der Waals surface area contributed by atoms with Crippen LogP contribution in [-0.4, -0.2) is 20.1 Å². The van der Waals surface area contributed by atoms with E-state index in [1.807, 2.05) is 24.3 Å². The summed E-state index contributed by atoms with van der Waals surface area (Å²) >= 11 is 0. The fourth-order valence-electron chi connectivity index (χ4n) is 1.84. The van der Waals surface area contributed by atoms with Crippen LogP contribution in [0.5, 0.6) is 0 Å². The first kappa shape index (κ1) is 13.7. The summed E-state index contributed by atoms with van der Waals surface area (Å²) in [5.74, 6) is 0. The lowest BCUT2D eigenvalue weighted by molar-refractivity contribution is 0.253. The fourth-order valence-corrected chi connectivity index (χ4v) is 1.84. The van der Waals surface area contributed by atoms with E-state index in [1.54, 1.807) is 48.2 Å². The Morgan fingerprint density at radius 2 is 1.05 bits per heavy atom. The van der Waals surface area contributed by atoms with Crippen LogP contribution in [0.4, 0.5) is 27.5 Å². The Labute approximate surface area is 118 Å². The predicted molar refractivity (Wildman–Crippen MR) is 83.9 cm³/mol. The lowest BCUT2D eigenvalue weighted by Crippen LogP contribution is -2.38. The minimum atomic E-state index is -0.139. The van der Waals surface area contributed by atoms with E-state index in [2.05, 4.69) is 0 Å². The van der Waals surface area contributed by atoms with Gasteiger partial charge in [0, 0.05) is 36.8 Å². The third-order valence-corrected chi connectivity index (χ3v) is 3.13. The molecule has 2 aromatic carbocycles. The molecule has 0 aliphatic heterocycles. The molecule has 0 aliphatic carbocycles. The Balaban J connectivity index is 2.17. The van der Waals surface area contributed by atoms with Crippen LogP contribution in [-0.2, 0) is 0 Å². The summed E-state index contributed by atoms with van der Waals surface area (Å²) in [5.41, 5.74) is 14.2. The van der Waals surface area contributed by atoms with Crippen molar-refractivity contribution in [2.24, 2.45) is 0 Å². The second-order valence-electron chi connectivity index (χ2n) is 4.58. The Bertz CT molecular complexity index is 539. The van der Waals surface area contributed by atoms with Gasteiger partial charge in [-0.15, -0.1) is 0 Å². The van der Waals surface area contributed by atoms with E-state index in [-0.39, 0.29) is 6.03 Å². The standard InChI is InChI=1S/C15H18N4O/c1-18(13-7-3-11(16)4-8-13)15(20)19(2)14-9-5-12(17)6-10-14/h3-10H,16-17H2,1-2H3. The van der Waals surface area contributed by atoms with Crippen molar-refractivity contribution in [2.75, 3.05) is 35.4 Å². The van der Waals surface area contributed by atoms with E-state index in [9.17, 15) is 4.79 Å². The van der Waals surface area contributed by atoms with Gasteiger partial charge in [-0.25, -0.2) is 4.79 Å². The van der Waals surface area contributed by atoms with Crippen molar-refractivity contribution >= 4 is 28.8 Å². The van der Waals surface area contributed by atoms with Crippen LogP contribution in [0, 0.1) is 0 Å². The lowest BCUT2D eigenvalue weighted by atomic mass is 10.2. The van der Waals surface area contributed by atoms with Crippen LogP contribution in [0.1, 0.15) is 0 Å². The van der Waals surface area contributed by atoms with E-state index < -0.39 is 0 Å². The van der Waals surface area contributed by atoms with Crippen LogP contribution in [0.15, 0.2) is 48.5 Å². The van der Waals surface area contributed by atoms with Crippen LogP contribution < -0.4 is 21.3 Å². The molecule has 0 atom stereocenters. The number of nitrogens with zero attached hydrogens (tertiary/aromatic N) is 2. The van der Waals surface area contributed by atoms with E-state index in [1.165, 1.54) is 0 Å². The van der Waals surface area contributed by atoms with Crippen LogP contribution in [0.2, 0.25) is 0 Å². The van der Waals surface area contributed by atoms with Gasteiger partial charge >= 0.3 is 6.03 Å². The Kier molecular flexibility index (Phi) is 3.79. The minimum Gasteiger partial charge on any atom is -0.399 e. The molecule has 0 unspecified atom stereocenters. The van der Waals surface area contributed by atoms with E-state index in [0.29, 0.717) is 11.4 Å². The molecular formula is C15H18N4O. The number of anilines is 4. The number of nitrogens with two attached hydrogens (primary N) is 2. The normalized spacial score (nSPS) is 10.1. The van der Waals surface area contributed by atoms with Crippen LogP contribution in [0.3, 0.4) is 0 Å². The number of hydrogen-bond donors (Lipinski definition) is 2. The highest BCUT2D eigenvalue weighted by Crippen LogP contribution is 2.20. The number of carbonyl (C=O) groups excluding carboxylic acids is 1. The summed E-state index contributed by atoms with van der Waals surface area (Å²) in [6.45, 7) is 0. The Morgan fingerprint density at radius 3 is 1.35 bits per heavy atom. The van der Waals surface area contributed by atoms with Gasteiger partial charge in [0.15, 0.2) is 0 Å². The molecule has 2 rings (SSSR count). The maximum atomic E-state index is 12.4. The first-order valence-electron chi connectivity index (χ1n) is 6.21. The highest BCUT2D eigenvalue weighted by molar-refractivity contribution is 6.02. The zero-order valence-electron chi connectivity index (χ0n) is 11.6. The van der Waals surface area contributed by atoms with Crippen LogP contribution in [0.25, 0.3) is 0 Å². The van der Waals surface area contributed by atoms with Crippen molar-refractivity contribution < 1.29 is 4.79 Å². The summed E-state index contributed by atoms with van der Waals surface area (Å²) in [6.07, 6.45) is 0. The molecule has 0 saturated carbocycles. The first-order chi connectivity index (χ1) is 9.49. The van der Waals surface area contributed by atoms with Crippen molar-refractivity contribution in [1.29, 1.82) is 0 Å². The number of amides is 2. The average molecular weight is 270 g/mol. The number of benzene rings is 2. The van der Waals surface area contributed by atoms with Gasteiger partial charge in [-0.3, -0.25) is 9.80 Å². The number of carbonyl (C=O) groups is 1. The van der Waals surface area contributed by atoms with E-state index >= 15 is 0 Å². The van der Waals surface area contributed by atoms with E-state index in [4.69, 9.17) is 11.5 Å². The quantitative estimate of drug-likeness (QED) is 0.823. The summed E-state index contributed by atoms with van der Waals surface area (Å²) < 4.78 is 0. The molecule has 5 nitrogen and oxygen atoms in total. The highest BCUT2D eigenvalue weighted by Gasteiger charge is 2.16. The predicted octanol–water partition coefficient (Wildman–Crippen LogP) is 2.54. The molecule has 0 saturated heterocycles. The Morgan fingerprint density at radius 1 is 0.750 bits per heavy atom. The third kappa shape index (κ3) is 2.83. The summed E-state index contributed by atoms with van der Waals surface area (Å²) in [6, 6.07) is 14.2. The molecule has 2 aromatic rings. The number of hydrogen-bond acceptors (Lipinski definition) is 3. The molecule has 0 aromatic heterocycles. The van der Waals surface area contributed by atoms with Crippen LogP contribution >= 0.6 is 0 Å². The largest absolute Gasteiger partial charge is 0.399 e. The molecule has 20 heavy (non-hydrogen) atoms. The molecule has 0 fully saturated rings. The fraction of sp³-hybridized carbons (Fsp3) is 0.133. The molecule has 0 spiro atoms. The number of urea groups is 1. The second-order valence-corrected chi connectivity index (χ2v) is 4.58. The van der Waals surface area contributed by atoms with E-state index in [0.717, 1.165) is 11.4 Å². The summed E-state index contributed by atoms with van der Waals surface area (Å²) in [5, 5.41) is 0. The second kappa shape index (κ2) is 5.52. The molecule has 0 heterocycles. The molecule has 0 bridgehead atoms. The lowest BCUT2D eigenvalue weighted by Gasteiger charge is -2.25. The third-order valence-electron chi connectivity index (χ3n) is 3.13. The van der Waals surface area contributed by atoms with Crippen molar-refractivity contribution in [3.63, 3.8) is 0 Å². The first-order valence-corrected chi connectivity index (χ1v) is 6.21. The number of rotatable bonds is 2. The van der Waals surface area contributed by atoms with Gasteiger partial charge in [-0.05, 0) is 48.5 Å². The van der Waals surface area contributed by atoms with Gasteiger partial charge in [0.1, 0.15) is 0 Å². The Hall–Kier alpha value is -2.69. The highest BCUT2D eigenvalue weighted by atomic mass is 16.2. The average Bonchev–Trinajstić information content (AvgIpc) is 2.46. The van der Waals surface area contributed by atoms with Crippen molar-refractivity contribution in [1.82, 2.24) is 0 Å². The maximum Gasteiger partial charge on any atom is 0.328 e. The van der Waals surface area contributed by atoms with Gasteiger partial charge in [0.25, 0.3) is 0 Å². The molecule has 5 heteroatoms. The molecule has 104 valence electrons. The summed E-state index contributed by atoms with van der Waals surface area (Å²) in [7, 11) is 3.45. The number of nitrogen functional groups attached to an aromatic ring is 2. The molecule has 0 radical (unpaired) electrons. The molecular weight excluding hydrogens is 252 g/mol. The van der Waals surface area contributed by atoms with Gasteiger partial charge < -0.3 is 11.5 Å². The summed E-state index contributed by atoms with van der Waals surface area (Å²) in [4.78, 5) is 15.5. The SMILES string of the molecule is CN(C(=O)N(C)c1ccc(N)cc1)c1ccc(N)cc1. The van der Waals surface area contributed by atoms with Crippen molar-refractivity contribution in [3.8, 4) is 0 Å². The smallest absolute Gasteiger partial charge is 0.328 e. The van der Waals surface area contributed by atoms with Crippen molar-refractivity contribution in [3.05, 3.63) is 48.5 Å². The van der Waals surface area contributed by atoms with Gasteiger partial charge in [0.2, 0.25) is 0 Å². The zero-order chi connectivity index (χ0) is 14.7. The monoisotopic (exact) mass is 270 g/mol. The van der Waals surface area contributed by atoms with Gasteiger partial charge in [-0.2, -0.15) is 0 Å². The minimum absolute atomic E-state index is 0.139. The molecule has 2 amide bonds. The van der Waals surface area contributed by atoms with Gasteiger partial charge in [0.05, 0.1) is 0 Å². The molecule has 0 aliphatic rings. The van der Waals surface area contributed by atoms with Gasteiger partial charge in [-0.1, -0.05) is 0 Å². The van der Waals surface area contributed by atoms with Crippen molar-refractivity contribution in [2.45, 2.75) is 0 Å². The molecule has 4 N–H and O–H groups in total. The maximum absolute atomic E-state index is 12.4.